The maximum atomic E-state index is 13.4. The number of carbonyl (C=O) groups excluding carboxylic acids is 1. The predicted octanol–water partition coefficient (Wildman–Crippen LogP) is 5.48. The highest BCUT2D eigenvalue weighted by molar-refractivity contribution is 7.97. The van der Waals surface area contributed by atoms with E-state index in [-0.39, 0.29) is 11.4 Å². The molecule has 30 heavy (non-hydrogen) atoms. The van der Waals surface area contributed by atoms with Gasteiger partial charge in [-0.2, -0.15) is 0 Å². The predicted molar refractivity (Wildman–Crippen MR) is 120 cm³/mol. The van der Waals surface area contributed by atoms with E-state index in [4.69, 9.17) is 23.2 Å². The molecule has 0 atom stereocenters. The lowest BCUT2D eigenvalue weighted by atomic mass is 10.1. The molecule has 0 saturated heterocycles. The summed E-state index contributed by atoms with van der Waals surface area (Å²) in [7, 11) is -4.10. The Morgan fingerprint density at radius 3 is 2.37 bits per heavy atom. The lowest BCUT2D eigenvalue weighted by Gasteiger charge is -2.31. The molecule has 3 aromatic rings. The molecule has 0 spiro atoms. The quantitative estimate of drug-likeness (QED) is 0.525. The largest absolute Gasteiger partial charge is 0.359 e. The Labute approximate surface area is 184 Å². The van der Waals surface area contributed by atoms with Crippen LogP contribution >= 0.6 is 23.2 Å². The van der Waals surface area contributed by atoms with Crippen molar-refractivity contribution in [3.63, 3.8) is 0 Å². The number of rotatable bonds is 4. The fourth-order valence-electron chi connectivity index (χ4n) is 3.19. The van der Waals surface area contributed by atoms with Crippen LogP contribution in [0.25, 0.3) is 0 Å². The topological polar surface area (TPSA) is 66.5 Å². The van der Waals surface area contributed by atoms with Crippen LogP contribution in [0, 0.1) is 0 Å². The molecule has 0 saturated carbocycles. The van der Waals surface area contributed by atoms with Gasteiger partial charge in [0, 0.05) is 16.8 Å². The normalized spacial score (nSPS) is 16.4. The fraction of sp³-hybridized carbons (Fsp3) is 0.0455. The first-order chi connectivity index (χ1) is 14.4. The SMILES string of the molecule is O=C1C(=CNc2ccc(Cl)cc2Cl)S(=O)(=O)N(Cc2ccccc2)c2ccccc21. The number of ketones is 1. The second-order valence-corrected chi connectivity index (χ2v) is 9.30. The molecule has 0 unspecified atom stereocenters. The summed E-state index contributed by atoms with van der Waals surface area (Å²) in [4.78, 5) is 12.7. The summed E-state index contributed by atoms with van der Waals surface area (Å²) in [5.74, 6) is -0.576. The lowest BCUT2D eigenvalue weighted by Crippen LogP contribution is -2.39. The van der Waals surface area contributed by atoms with Gasteiger partial charge in [0.15, 0.2) is 4.91 Å². The van der Waals surface area contributed by atoms with Gasteiger partial charge in [-0.1, -0.05) is 65.7 Å². The highest BCUT2D eigenvalue weighted by atomic mass is 35.5. The molecule has 0 aromatic heterocycles. The molecule has 0 radical (unpaired) electrons. The smallest absolute Gasteiger partial charge is 0.270 e. The van der Waals surface area contributed by atoms with Crippen molar-refractivity contribution in [2.24, 2.45) is 0 Å². The molecule has 0 amide bonds. The monoisotopic (exact) mass is 458 g/mol. The molecule has 5 nitrogen and oxygen atoms in total. The third-order valence-corrected chi connectivity index (χ3v) is 6.98. The Morgan fingerprint density at radius 2 is 1.63 bits per heavy atom. The average Bonchev–Trinajstić information content (AvgIpc) is 2.73. The zero-order valence-electron chi connectivity index (χ0n) is 15.5. The number of carbonyl (C=O) groups is 1. The number of nitrogens with one attached hydrogen (secondary N) is 1. The van der Waals surface area contributed by atoms with Gasteiger partial charge in [0.1, 0.15) is 0 Å². The van der Waals surface area contributed by atoms with Gasteiger partial charge < -0.3 is 5.32 Å². The van der Waals surface area contributed by atoms with E-state index in [1.54, 1.807) is 36.4 Å². The second kappa shape index (κ2) is 8.14. The van der Waals surface area contributed by atoms with E-state index < -0.39 is 15.8 Å². The van der Waals surface area contributed by atoms with Crippen molar-refractivity contribution in [1.29, 1.82) is 0 Å². The molecule has 0 bridgehead atoms. The van der Waals surface area contributed by atoms with Gasteiger partial charge in [0.2, 0.25) is 5.78 Å². The van der Waals surface area contributed by atoms with E-state index in [9.17, 15) is 13.2 Å². The van der Waals surface area contributed by atoms with Crippen LogP contribution in [-0.2, 0) is 16.6 Å². The van der Waals surface area contributed by atoms with Gasteiger partial charge in [-0.05, 0) is 35.9 Å². The Kier molecular flexibility index (Phi) is 5.56. The van der Waals surface area contributed by atoms with Crippen LogP contribution in [0.1, 0.15) is 15.9 Å². The highest BCUT2D eigenvalue weighted by Gasteiger charge is 2.40. The summed E-state index contributed by atoms with van der Waals surface area (Å²) in [5.41, 5.74) is 1.91. The van der Waals surface area contributed by atoms with Gasteiger partial charge >= 0.3 is 0 Å². The molecule has 8 heteroatoms. The third-order valence-electron chi connectivity index (χ3n) is 4.67. The summed E-state index contributed by atoms with van der Waals surface area (Å²) < 4.78 is 28.0. The van der Waals surface area contributed by atoms with Gasteiger partial charge in [0.05, 0.1) is 22.9 Å². The summed E-state index contributed by atoms with van der Waals surface area (Å²) in [5, 5.41) is 3.59. The fourth-order valence-corrected chi connectivity index (χ4v) is 5.18. The van der Waals surface area contributed by atoms with E-state index in [2.05, 4.69) is 5.32 Å². The number of hydrogen-bond acceptors (Lipinski definition) is 4. The number of para-hydroxylation sites is 1. The van der Waals surface area contributed by atoms with Crippen molar-refractivity contribution >= 4 is 50.4 Å². The Hall–Kier alpha value is -2.80. The standard InChI is InChI=1S/C22H16Cl2N2O3S/c23-16-10-11-19(18(24)12-16)25-13-21-22(27)17-8-4-5-9-20(17)26(30(21,28)29)14-15-6-2-1-3-7-15/h1-13,25H,14H2. The Balaban J connectivity index is 1.78. The van der Waals surface area contributed by atoms with E-state index in [1.165, 1.54) is 16.6 Å². The van der Waals surface area contributed by atoms with Crippen LogP contribution < -0.4 is 9.62 Å². The Morgan fingerprint density at radius 1 is 0.933 bits per heavy atom. The number of Topliss-reactive ketones (excluding diaryl/α,β-unsaturated/α-hetero) is 1. The summed E-state index contributed by atoms with van der Waals surface area (Å²) in [6.45, 7) is 0.104. The van der Waals surface area contributed by atoms with E-state index in [1.807, 2.05) is 30.3 Å². The van der Waals surface area contributed by atoms with Crippen LogP contribution in [0.2, 0.25) is 10.0 Å². The van der Waals surface area contributed by atoms with Crippen molar-refractivity contribution in [3.05, 3.63) is 105 Å². The van der Waals surface area contributed by atoms with Crippen LogP contribution in [-0.4, -0.2) is 14.2 Å². The number of sulfonamides is 1. The minimum Gasteiger partial charge on any atom is -0.359 e. The zero-order valence-corrected chi connectivity index (χ0v) is 17.9. The zero-order chi connectivity index (χ0) is 21.3. The van der Waals surface area contributed by atoms with Crippen LogP contribution in [0.5, 0.6) is 0 Å². The van der Waals surface area contributed by atoms with Crippen LogP contribution in [0.15, 0.2) is 83.9 Å². The first-order valence-corrected chi connectivity index (χ1v) is 11.2. The minimum absolute atomic E-state index is 0.104. The maximum Gasteiger partial charge on any atom is 0.270 e. The molecular formula is C22H16Cl2N2O3S. The highest BCUT2D eigenvalue weighted by Crippen LogP contribution is 2.36. The molecular weight excluding hydrogens is 443 g/mol. The molecule has 0 aliphatic carbocycles. The summed E-state index contributed by atoms with van der Waals surface area (Å²) in [6.07, 6.45) is 1.18. The number of benzene rings is 3. The molecule has 1 heterocycles. The number of allylic oxidation sites excluding steroid dienone is 1. The van der Waals surface area contributed by atoms with E-state index in [0.717, 1.165) is 5.56 Å². The molecule has 1 N–H and O–H groups in total. The van der Waals surface area contributed by atoms with Crippen LogP contribution in [0.3, 0.4) is 0 Å². The lowest BCUT2D eigenvalue weighted by molar-refractivity contribution is 0.104. The summed E-state index contributed by atoms with van der Waals surface area (Å²) in [6, 6.07) is 20.6. The first-order valence-electron chi connectivity index (χ1n) is 9.00. The van der Waals surface area contributed by atoms with Crippen molar-refractivity contribution in [1.82, 2.24) is 0 Å². The molecule has 0 fully saturated rings. The number of anilines is 2. The van der Waals surface area contributed by atoms with Gasteiger partial charge in [-0.3, -0.25) is 9.10 Å². The molecule has 4 rings (SSSR count). The number of hydrogen-bond donors (Lipinski definition) is 1. The first kappa shape index (κ1) is 20.5. The molecule has 3 aromatic carbocycles. The Bertz CT molecular complexity index is 1260. The molecule has 152 valence electrons. The van der Waals surface area contributed by atoms with Gasteiger partial charge in [-0.25, -0.2) is 8.42 Å². The molecule has 1 aliphatic rings. The van der Waals surface area contributed by atoms with Gasteiger partial charge in [0.25, 0.3) is 10.0 Å². The molecule has 1 aliphatic heterocycles. The average molecular weight is 459 g/mol. The van der Waals surface area contributed by atoms with Crippen molar-refractivity contribution < 1.29 is 13.2 Å². The summed E-state index contributed by atoms with van der Waals surface area (Å²) >= 11 is 12.1. The van der Waals surface area contributed by atoms with Crippen molar-refractivity contribution in [2.45, 2.75) is 6.54 Å². The third kappa shape index (κ3) is 3.81. The second-order valence-electron chi connectivity index (χ2n) is 6.62. The van der Waals surface area contributed by atoms with Crippen LogP contribution in [0.4, 0.5) is 11.4 Å². The number of halogens is 2. The van der Waals surface area contributed by atoms with Crippen molar-refractivity contribution in [2.75, 3.05) is 9.62 Å². The van der Waals surface area contributed by atoms with Gasteiger partial charge in [-0.15, -0.1) is 0 Å². The number of nitrogens with zero attached hydrogens (tertiary/aromatic N) is 1. The maximum absolute atomic E-state index is 13.4. The number of fused-ring (bicyclic) bond motifs is 1. The van der Waals surface area contributed by atoms with E-state index >= 15 is 0 Å². The van der Waals surface area contributed by atoms with E-state index in [0.29, 0.717) is 27.0 Å². The van der Waals surface area contributed by atoms with Crippen molar-refractivity contribution in [3.8, 4) is 0 Å². The minimum atomic E-state index is -4.10.